The first-order chi connectivity index (χ1) is 5.37. The number of hydrogen-bond acceptors (Lipinski definition) is 1. The quantitative estimate of drug-likeness (QED) is 0.544. The molecule has 1 nitrogen and oxygen atoms in total. The predicted octanol–water partition coefficient (Wildman–Crippen LogP) is 1.89. The summed E-state index contributed by atoms with van der Waals surface area (Å²) < 4.78 is 15.2. The van der Waals surface area contributed by atoms with Gasteiger partial charge in [0.1, 0.15) is 0 Å². The molecule has 0 amide bonds. The molecule has 0 aromatic carbocycles. The zero-order valence-corrected chi connectivity index (χ0v) is 6.60. The lowest BCUT2D eigenvalue weighted by atomic mass is 9.87. The Labute approximate surface area is 64.9 Å². The highest BCUT2D eigenvalue weighted by molar-refractivity contribution is 5.27. The smallest absolute Gasteiger partial charge is 0.0813 e. The molecule has 1 rings (SSSR count). The Hall–Kier alpha value is -0.560. The second-order valence-electron chi connectivity index (χ2n) is 2.76. The average molecular weight is 140 g/mol. The Morgan fingerprint density at radius 3 is 2.80 bits per heavy atom. The third-order valence-corrected chi connectivity index (χ3v) is 1.98. The molecule has 0 fully saturated rings. The Morgan fingerprint density at radius 2 is 2.20 bits per heavy atom. The number of hydrogen-bond donors (Lipinski definition) is 1. The molecule has 1 aliphatic carbocycles. The van der Waals surface area contributed by atoms with Crippen LogP contribution in [0.4, 0.5) is 0 Å². The maximum Gasteiger partial charge on any atom is 0.0813 e. The van der Waals surface area contributed by atoms with Crippen molar-refractivity contribution in [2.24, 2.45) is 5.92 Å². The summed E-state index contributed by atoms with van der Waals surface area (Å²) in [5.41, 5.74) is 1.32. The fourth-order valence-corrected chi connectivity index (χ4v) is 0.968. The van der Waals surface area contributed by atoms with Crippen LogP contribution in [-0.2, 0) is 0 Å². The summed E-state index contributed by atoms with van der Waals surface area (Å²) in [5, 5.41) is 9.68. The molecule has 0 radical (unpaired) electrons. The first kappa shape index (κ1) is 5.14. The lowest BCUT2D eigenvalue weighted by Crippen LogP contribution is -2.22. The second kappa shape index (κ2) is 2.59. The molecule has 56 valence electrons. The van der Waals surface area contributed by atoms with Gasteiger partial charge in [-0.25, -0.2) is 0 Å². The van der Waals surface area contributed by atoms with E-state index < -0.39 is 6.08 Å². The molecule has 1 heteroatoms. The summed E-state index contributed by atoms with van der Waals surface area (Å²) in [5.74, 6) is -0.282. The van der Waals surface area contributed by atoms with Crippen LogP contribution >= 0.6 is 0 Å². The molecule has 10 heavy (non-hydrogen) atoms. The van der Waals surface area contributed by atoms with Crippen LogP contribution in [0.1, 0.15) is 23.5 Å². The van der Waals surface area contributed by atoms with Crippen LogP contribution in [0.3, 0.4) is 0 Å². The number of rotatable bonds is 0. The van der Waals surface area contributed by atoms with Gasteiger partial charge in [0, 0.05) is 5.92 Å². The van der Waals surface area contributed by atoms with E-state index in [2.05, 4.69) is 0 Å². The van der Waals surface area contributed by atoms with E-state index in [0.29, 0.717) is 11.6 Å². The molecular weight excluding hydrogens is 124 g/mol. The lowest BCUT2D eigenvalue weighted by molar-refractivity contribution is 0.166. The zero-order chi connectivity index (χ0) is 9.52. The van der Waals surface area contributed by atoms with Crippen molar-refractivity contribution in [3.8, 4) is 0 Å². The monoisotopic (exact) mass is 140 g/mol. The maximum atomic E-state index is 9.68. The molecule has 1 N–H and O–H groups in total. The van der Waals surface area contributed by atoms with E-state index in [1.54, 1.807) is 26.8 Å². The van der Waals surface area contributed by atoms with Crippen LogP contribution in [0.25, 0.3) is 0 Å². The highest BCUT2D eigenvalue weighted by Crippen LogP contribution is 2.24. The van der Waals surface area contributed by atoms with Crippen molar-refractivity contribution in [1.82, 2.24) is 0 Å². The summed E-state index contributed by atoms with van der Waals surface area (Å²) in [6.45, 7) is 5.24. The van der Waals surface area contributed by atoms with Crippen LogP contribution in [0, 0.1) is 5.92 Å². The first-order valence-corrected chi connectivity index (χ1v) is 3.46. The van der Waals surface area contributed by atoms with Gasteiger partial charge in [-0.05, 0) is 19.4 Å². The highest BCUT2D eigenvalue weighted by Gasteiger charge is 2.19. The van der Waals surface area contributed by atoms with Gasteiger partial charge in [0.05, 0.1) is 8.82 Å². The molecule has 0 saturated heterocycles. The number of allylic oxidation sites excluding steroid dienone is 2. The van der Waals surface area contributed by atoms with Gasteiger partial charge in [0.25, 0.3) is 0 Å². The van der Waals surface area contributed by atoms with Gasteiger partial charge in [-0.3, -0.25) is 0 Å². The predicted molar refractivity (Wildman–Crippen MR) is 42.7 cm³/mol. The van der Waals surface area contributed by atoms with Crippen molar-refractivity contribution in [2.75, 3.05) is 0 Å². The van der Waals surface area contributed by atoms with Crippen molar-refractivity contribution >= 4 is 0 Å². The van der Waals surface area contributed by atoms with Crippen LogP contribution in [0.5, 0.6) is 0 Å². The van der Waals surface area contributed by atoms with E-state index in [4.69, 9.17) is 2.74 Å². The molecule has 1 aliphatic rings. The fraction of sp³-hybridized carbons (Fsp3) is 0.556. The first-order valence-electron chi connectivity index (χ1n) is 4.46. The van der Waals surface area contributed by atoms with Gasteiger partial charge in [-0.2, -0.15) is 0 Å². The lowest BCUT2D eigenvalue weighted by Gasteiger charge is -2.23. The Bertz CT molecular complexity index is 264. The van der Waals surface area contributed by atoms with Crippen LogP contribution < -0.4 is 0 Å². The van der Waals surface area contributed by atoms with Crippen molar-refractivity contribution in [2.45, 2.75) is 26.9 Å². The van der Waals surface area contributed by atoms with E-state index in [-0.39, 0.29) is 5.92 Å². The van der Waals surface area contributed by atoms with Crippen LogP contribution in [-0.4, -0.2) is 11.2 Å². The third-order valence-electron chi connectivity index (χ3n) is 1.98. The van der Waals surface area contributed by atoms with Gasteiger partial charge >= 0.3 is 0 Å². The van der Waals surface area contributed by atoms with Crippen molar-refractivity contribution in [1.29, 1.82) is 0 Å². The van der Waals surface area contributed by atoms with Gasteiger partial charge in [-0.1, -0.05) is 24.6 Å². The zero-order valence-electron chi connectivity index (χ0n) is 8.60. The maximum absolute atomic E-state index is 9.68. The Morgan fingerprint density at radius 1 is 1.60 bits per heavy atom. The van der Waals surface area contributed by atoms with E-state index in [0.717, 1.165) is 5.57 Å². The van der Waals surface area contributed by atoms with Gasteiger partial charge in [-0.15, -0.1) is 0 Å². The van der Waals surface area contributed by atoms with E-state index in [9.17, 15) is 5.11 Å². The minimum atomic E-state index is -1.52. The van der Waals surface area contributed by atoms with Gasteiger partial charge in [0.15, 0.2) is 0 Å². The van der Waals surface area contributed by atoms with Gasteiger partial charge in [0.2, 0.25) is 0 Å². The standard InChI is InChI=1S/C9H14O/c1-6-4-5-7(2)9(10)8(6)3/h4-5,8-10H,1-3H3/i4D,9D. The summed E-state index contributed by atoms with van der Waals surface area (Å²) in [7, 11) is 0. The van der Waals surface area contributed by atoms with Crippen LogP contribution in [0.15, 0.2) is 23.3 Å². The van der Waals surface area contributed by atoms with E-state index >= 15 is 0 Å². The molecule has 0 heterocycles. The summed E-state index contributed by atoms with van der Waals surface area (Å²) in [4.78, 5) is 0. The molecule has 2 unspecified atom stereocenters. The van der Waals surface area contributed by atoms with Crippen LogP contribution in [0.2, 0.25) is 0 Å². The topological polar surface area (TPSA) is 20.2 Å². The molecule has 0 aliphatic heterocycles. The molecular formula is C9H14O. The minimum absolute atomic E-state index is 0.282. The highest BCUT2D eigenvalue weighted by atomic mass is 16.3. The van der Waals surface area contributed by atoms with Crippen molar-refractivity contribution in [3.63, 3.8) is 0 Å². The fourth-order valence-electron chi connectivity index (χ4n) is 0.968. The number of aliphatic hydroxyl groups is 1. The SMILES string of the molecule is [2H]C1=C(C)C(C)C([2H])(O)C(C)=C1. The molecule has 0 aromatic heterocycles. The average Bonchev–Trinajstić information content (AvgIpc) is 1.99. The molecule has 2 atom stereocenters. The van der Waals surface area contributed by atoms with Crippen molar-refractivity contribution < 1.29 is 7.85 Å². The molecule has 0 saturated carbocycles. The van der Waals surface area contributed by atoms with E-state index in [1.807, 2.05) is 0 Å². The minimum Gasteiger partial charge on any atom is -0.388 e. The van der Waals surface area contributed by atoms with E-state index in [1.165, 1.54) is 0 Å². The van der Waals surface area contributed by atoms with Gasteiger partial charge < -0.3 is 5.11 Å². The van der Waals surface area contributed by atoms with Crippen molar-refractivity contribution in [3.05, 3.63) is 23.3 Å². The summed E-state index contributed by atoms with van der Waals surface area (Å²) in [6, 6.07) is 0.428. The normalized spacial score (nSPS) is 44.4. The molecule has 0 spiro atoms. The summed E-state index contributed by atoms with van der Waals surface area (Å²) in [6.07, 6.45) is 0.0387. The molecule has 0 bridgehead atoms. The molecule has 0 aromatic rings. The second-order valence-corrected chi connectivity index (χ2v) is 2.76. The Kier molecular flexibility index (Phi) is 1.33. The largest absolute Gasteiger partial charge is 0.388 e. The Balaban J connectivity index is 3.16. The summed E-state index contributed by atoms with van der Waals surface area (Å²) >= 11 is 0. The third kappa shape index (κ3) is 1.14.